The number of likely N-dealkylation sites (tertiary alicyclic amines) is 1. The van der Waals surface area contributed by atoms with Crippen molar-refractivity contribution in [3.63, 3.8) is 0 Å². The number of hydrogen-bond acceptors (Lipinski definition) is 2. The lowest BCUT2D eigenvalue weighted by Crippen LogP contribution is -2.60. The molecule has 1 spiro atoms. The van der Waals surface area contributed by atoms with Gasteiger partial charge in [-0.3, -0.25) is 0 Å². The lowest BCUT2D eigenvalue weighted by atomic mass is 9.95. The molecule has 1 saturated carbocycles. The summed E-state index contributed by atoms with van der Waals surface area (Å²) in [6, 6.07) is 0.268. The molecule has 2 amide bonds. The molecule has 1 aliphatic carbocycles. The molecule has 3 fully saturated rings. The lowest BCUT2D eigenvalue weighted by molar-refractivity contribution is -0.0482. The molecule has 2 saturated heterocycles. The molecule has 0 aromatic heterocycles. The number of morpholine rings is 1. The number of ether oxygens (including phenoxy) is 1. The first-order valence-corrected chi connectivity index (χ1v) is 7.36. The van der Waals surface area contributed by atoms with E-state index in [1.165, 1.54) is 12.8 Å². The van der Waals surface area contributed by atoms with Gasteiger partial charge < -0.3 is 14.5 Å². The minimum absolute atomic E-state index is 0.0289. The second-order valence-corrected chi connectivity index (χ2v) is 6.26. The summed E-state index contributed by atoms with van der Waals surface area (Å²) in [4.78, 5) is 16.9. The third-order valence-electron chi connectivity index (χ3n) is 4.86. The van der Waals surface area contributed by atoms with Crippen molar-refractivity contribution in [2.75, 3.05) is 32.8 Å². The van der Waals surface area contributed by atoms with Gasteiger partial charge in [-0.05, 0) is 25.2 Å². The van der Waals surface area contributed by atoms with Crippen LogP contribution in [0.15, 0.2) is 0 Å². The van der Waals surface area contributed by atoms with Gasteiger partial charge in [0.1, 0.15) is 0 Å². The van der Waals surface area contributed by atoms with Crippen LogP contribution in [-0.4, -0.2) is 54.2 Å². The Hall–Kier alpha value is -0.770. The average Bonchev–Trinajstić information content (AvgIpc) is 2.99. The lowest BCUT2D eigenvalue weighted by Gasteiger charge is -2.46. The van der Waals surface area contributed by atoms with E-state index in [4.69, 9.17) is 4.74 Å². The van der Waals surface area contributed by atoms with E-state index in [0.717, 1.165) is 45.5 Å². The molecule has 2 aliphatic heterocycles. The molecule has 4 nitrogen and oxygen atoms in total. The Kier molecular flexibility index (Phi) is 3.22. The molecule has 0 aromatic carbocycles. The first kappa shape index (κ1) is 12.3. The van der Waals surface area contributed by atoms with Gasteiger partial charge in [0.05, 0.1) is 18.8 Å². The van der Waals surface area contributed by atoms with Crippen molar-refractivity contribution in [1.82, 2.24) is 9.80 Å². The molecular weight excluding hydrogens is 228 g/mol. The summed E-state index contributed by atoms with van der Waals surface area (Å²) in [5.41, 5.74) is 0.0289. The predicted molar refractivity (Wildman–Crippen MR) is 69.5 cm³/mol. The van der Waals surface area contributed by atoms with Crippen LogP contribution in [0.2, 0.25) is 0 Å². The van der Waals surface area contributed by atoms with Crippen LogP contribution in [0.3, 0.4) is 0 Å². The molecule has 4 heteroatoms. The van der Waals surface area contributed by atoms with E-state index in [0.29, 0.717) is 12.5 Å². The van der Waals surface area contributed by atoms with Gasteiger partial charge >= 0.3 is 6.03 Å². The first-order chi connectivity index (χ1) is 8.71. The fraction of sp³-hybridized carbons (Fsp3) is 0.929. The molecule has 0 radical (unpaired) electrons. The van der Waals surface area contributed by atoms with Gasteiger partial charge in [-0.15, -0.1) is 0 Å². The molecule has 1 atom stereocenters. The van der Waals surface area contributed by atoms with E-state index in [2.05, 4.69) is 16.7 Å². The smallest absolute Gasteiger partial charge is 0.320 e. The van der Waals surface area contributed by atoms with E-state index < -0.39 is 0 Å². The summed E-state index contributed by atoms with van der Waals surface area (Å²) in [6.07, 6.45) is 5.89. The molecule has 1 unspecified atom stereocenters. The molecule has 0 N–H and O–H groups in total. The Morgan fingerprint density at radius 3 is 2.72 bits per heavy atom. The molecule has 3 aliphatic rings. The number of urea groups is 1. The van der Waals surface area contributed by atoms with Gasteiger partial charge in [0.2, 0.25) is 0 Å². The molecule has 0 bridgehead atoms. The number of carbonyl (C=O) groups excluding carboxylic acids is 1. The predicted octanol–water partition coefficient (Wildman–Crippen LogP) is 2.09. The number of rotatable bonds is 0. The summed E-state index contributed by atoms with van der Waals surface area (Å²) in [7, 11) is 0. The molecule has 102 valence electrons. The zero-order valence-corrected chi connectivity index (χ0v) is 11.4. The Morgan fingerprint density at radius 2 is 2.06 bits per heavy atom. The largest absolute Gasteiger partial charge is 0.377 e. The van der Waals surface area contributed by atoms with Crippen molar-refractivity contribution >= 4 is 6.03 Å². The van der Waals surface area contributed by atoms with E-state index >= 15 is 0 Å². The highest BCUT2D eigenvalue weighted by molar-refractivity contribution is 5.76. The van der Waals surface area contributed by atoms with Crippen molar-refractivity contribution in [2.45, 2.75) is 44.6 Å². The SMILES string of the molecule is CC1CCN(C(=O)N2CCOCC23CCCC3)C1. The minimum Gasteiger partial charge on any atom is -0.377 e. The summed E-state index contributed by atoms with van der Waals surface area (Å²) in [5.74, 6) is 0.662. The van der Waals surface area contributed by atoms with E-state index in [-0.39, 0.29) is 11.6 Å². The maximum atomic E-state index is 12.7. The second-order valence-electron chi connectivity index (χ2n) is 6.26. The van der Waals surface area contributed by atoms with Gasteiger partial charge in [0, 0.05) is 19.6 Å². The third-order valence-corrected chi connectivity index (χ3v) is 4.86. The number of hydrogen-bond donors (Lipinski definition) is 0. The minimum atomic E-state index is 0.0289. The fourth-order valence-corrected chi connectivity index (χ4v) is 3.76. The van der Waals surface area contributed by atoms with E-state index in [9.17, 15) is 4.79 Å². The fourth-order valence-electron chi connectivity index (χ4n) is 3.76. The topological polar surface area (TPSA) is 32.8 Å². The van der Waals surface area contributed by atoms with Crippen LogP contribution in [0.4, 0.5) is 4.79 Å². The van der Waals surface area contributed by atoms with Gasteiger partial charge in [-0.25, -0.2) is 4.79 Å². The molecular formula is C14H24N2O2. The zero-order chi connectivity index (χ0) is 12.6. The van der Waals surface area contributed by atoms with E-state index in [1.807, 2.05) is 0 Å². The highest BCUT2D eigenvalue weighted by Crippen LogP contribution is 2.38. The van der Waals surface area contributed by atoms with Gasteiger partial charge in [0.15, 0.2) is 0 Å². The monoisotopic (exact) mass is 252 g/mol. The van der Waals surface area contributed by atoms with Gasteiger partial charge in [-0.2, -0.15) is 0 Å². The van der Waals surface area contributed by atoms with Crippen LogP contribution >= 0.6 is 0 Å². The van der Waals surface area contributed by atoms with Gasteiger partial charge in [0.25, 0.3) is 0 Å². The Balaban J connectivity index is 1.74. The average molecular weight is 252 g/mol. The highest BCUT2D eigenvalue weighted by atomic mass is 16.5. The summed E-state index contributed by atoms with van der Waals surface area (Å²) in [6.45, 7) is 6.35. The molecule has 2 heterocycles. The van der Waals surface area contributed by atoms with Gasteiger partial charge in [-0.1, -0.05) is 19.8 Å². The molecule has 18 heavy (non-hydrogen) atoms. The number of amides is 2. The standard InChI is InChI=1S/C14H24N2O2/c1-12-4-7-15(10-12)13(17)16-8-9-18-11-14(16)5-2-3-6-14/h12H,2-11H2,1H3. The zero-order valence-electron chi connectivity index (χ0n) is 11.4. The Labute approximate surface area is 109 Å². The van der Waals surface area contributed by atoms with E-state index in [1.54, 1.807) is 0 Å². The highest BCUT2D eigenvalue weighted by Gasteiger charge is 2.46. The van der Waals surface area contributed by atoms with Crippen molar-refractivity contribution in [1.29, 1.82) is 0 Å². The van der Waals surface area contributed by atoms with Crippen LogP contribution in [-0.2, 0) is 4.74 Å². The quantitative estimate of drug-likeness (QED) is 0.661. The normalized spacial score (nSPS) is 31.3. The van der Waals surface area contributed by atoms with Crippen LogP contribution in [0.5, 0.6) is 0 Å². The van der Waals surface area contributed by atoms with Crippen molar-refractivity contribution in [3.8, 4) is 0 Å². The number of nitrogens with zero attached hydrogens (tertiary/aromatic N) is 2. The maximum absolute atomic E-state index is 12.7. The summed E-state index contributed by atoms with van der Waals surface area (Å²) >= 11 is 0. The Morgan fingerprint density at radius 1 is 1.28 bits per heavy atom. The van der Waals surface area contributed by atoms with Crippen LogP contribution in [0.1, 0.15) is 39.0 Å². The number of carbonyl (C=O) groups is 1. The van der Waals surface area contributed by atoms with Crippen molar-refractivity contribution < 1.29 is 9.53 Å². The third kappa shape index (κ3) is 2.00. The maximum Gasteiger partial charge on any atom is 0.320 e. The first-order valence-electron chi connectivity index (χ1n) is 7.36. The van der Waals surface area contributed by atoms with Crippen LogP contribution < -0.4 is 0 Å². The summed E-state index contributed by atoms with van der Waals surface area (Å²) in [5, 5.41) is 0. The second kappa shape index (κ2) is 4.72. The van der Waals surface area contributed by atoms with Crippen molar-refractivity contribution in [2.24, 2.45) is 5.92 Å². The Bertz CT molecular complexity index is 326. The molecule has 3 rings (SSSR count). The summed E-state index contributed by atoms with van der Waals surface area (Å²) < 4.78 is 5.66. The molecule has 0 aromatic rings. The van der Waals surface area contributed by atoms with Crippen molar-refractivity contribution in [3.05, 3.63) is 0 Å². The van der Waals surface area contributed by atoms with Crippen LogP contribution in [0, 0.1) is 5.92 Å². The van der Waals surface area contributed by atoms with Crippen LogP contribution in [0.25, 0.3) is 0 Å².